The van der Waals surface area contributed by atoms with E-state index in [0.717, 1.165) is 12.1 Å². The molecule has 0 heterocycles. The molecule has 0 unspecified atom stereocenters. The number of carbonyl (C=O) groups is 1. The van der Waals surface area contributed by atoms with Gasteiger partial charge < -0.3 is 10.8 Å². The molecule has 0 aromatic heterocycles. The highest BCUT2D eigenvalue weighted by Gasteiger charge is 2.20. The quantitative estimate of drug-likeness (QED) is 0.707. The molecule has 0 saturated carbocycles. The third-order valence-corrected chi connectivity index (χ3v) is 4.81. The zero-order valence-electron chi connectivity index (χ0n) is 11.2. The Morgan fingerprint density at radius 1 is 1.17 bits per heavy atom. The van der Waals surface area contributed by atoms with Crippen molar-refractivity contribution in [1.82, 2.24) is 0 Å². The Balaban J connectivity index is 2.44. The minimum atomic E-state index is -4.17. The van der Waals surface area contributed by atoms with Crippen molar-refractivity contribution in [2.75, 3.05) is 10.5 Å². The van der Waals surface area contributed by atoms with Crippen molar-refractivity contribution in [3.05, 3.63) is 51.8 Å². The Morgan fingerprint density at radius 2 is 1.74 bits per heavy atom. The molecule has 2 rings (SSSR count). The molecule has 0 bridgehead atoms. The number of sulfonamides is 1. The van der Waals surface area contributed by atoms with Crippen LogP contribution >= 0.6 is 23.2 Å². The van der Waals surface area contributed by atoms with E-state index in [1.54, 1.807) is 0 Å². The molecule has 0 aliphatic carbocycles. The van der Waals surface area contributed by atoms with Crippen molar-refractivity contribution in [1.29, 1.82) is 0 Å². The number of hydrogen-bond acceptors (Lipinski definition) is 4. The zero-order valence-corrected chi connectivity index (χ0v) is 13.5. The van der Waals surface area contributed by atoms with Gasteiger partial charge in [0.15, 0.2) is 0 Å². The standard InChI is InChI=1S/C13H9Cl2FN2O4S/c14-9-3-6(4-10(15)12(9)17)18-23(21,22)7-1-2-11(16)8(5-7)13(19)20/h1-5,18H,17H2,(H,19,20). The number of nitrogens with two attached hydrogens (primary N) is 1. The molecule has 2 aromatic rings. The summed E-state index contributed by atoms with van der Waals surface area (Å²) in [5, 5.41) is 8.93. The number of carboxylic acid groups (broad SMARTS) is 1. The van der Waals surface area contributed by atoms with Gasteiger partial charge in [-0.15, -0.1) is 0 Å². The topological polar surface area (TPSA) is 109 Å². The van der Waals surface area contributed by atoms with E-state index in [2.05, 4.69) is 4.72 Å². The van der Waals surface area contributed by atoms with Crippen LogP contribution in [0.1, 0.15) is 10.4 Å². The number of aromatic carboxylic acids is 1. The molecule has 6 nitrogen and oxygen atoms in total. The summed E-state index contributed by atoms with van der Waals surface area (Å²) >= 11 is 11.6. The first-order chi connectivity index (χ1) is 10.6. The average molecular weight is 379 g/mol. The predicted molar refractivity (Wildman–Crippen MR) is 85.0 cm³/mol. The maximum atomic E-state index is 13.3. The zero-order chi connectivity index (χ0) is 17.4. The monoisotopic (exact) mass is 378 g/mol. The molecule has 4 N–H and O–H groups in total. The summed E-state index contributed by atoms with van der Waals surface area (Å²) in [7, 11) is -4.17. The Hall–Kier alpha value is -2.03. The molecule has 0 amide bonds. The lowest BCUT2D eigenvalue weighted by Crippen LogP contribution is -2.14. The molecule has 0 aliphatic rings. The predicted octanol–water partition coefficient (Wildman–Crippen LogP) is 3.21. The number of nitrogens with one attached hydrogen (secondary N) is 1. The fraction of sp³-hybridized carbons (Fsp3) is 0. The molecule has 10 heteroatoms. The second-order valence-corrected chi connectivity index (χ2v) is 6.90. The lowest BCUT2D eigenvalue weighted by atomic mass is 10.2. The van der Waals surface area contributed by atoms with Gasteiger partial charge in [-0.25, -0.2) is 17.6 Å². The van der Waals surface area contributed by atoms with Crippen LogP contribution in [-0.2, 0) is 10.0 Å². The summed E-state index contributed by atoms with van der Waals surface area (Å²) in [4.78, 5) is 10.5. The normalized spacial score (nSPS) is 11.3. The lowest BCUT2D eigenvalue weighted by molar-refractivity contribution is 0.0691. The van der Waals surface area contributed by atoms with Crippen LogP contribution in [0, 0.1) is 5.82 Å². The van der Waals surface area contributed by atoms with E-state index >= 15 is 0 Å². The van der Waals surface area contributed by atoms with Gasteiger partial charge in [0, 0.05) is 0 Å². The van der Waals surface area contributed by atoms with Crippen molar-refractivity contribution in [2.45, 2.75) is 4.90 Å². The van der Waals surface area contributed by atoms with Crippen LogP contribution in [-0.4, -0.2) is 19.5 Å². The minimum Gasteiger partial charge on any atom is -0.478 e. The first-order valence-electron chi connectivity index (χ1n) is 5.92. The van der Waals surface area contributed by atoms with Crippen molar-refractivity contribution in [3.8, 4) is 0 Å². The summed E-state index contributed by atoms with van der Waals surface area (Å²) in [6, 6.07) is 4.87. The van der Waals surface area contributed by atoms with Crippen molar-refractivity contribution in [3.63, 3.8) is 0 Å². The van der Waals surface area contributed by atoms with Gasteiger partial charge >= 0.3 is 5.97 Å². The molecule has 0 fully saturated rings. The Labute approximate surface area is 140 Å². The van der Waals surface area contributed by atoms with Crippen LogP contribution in [0.25, 0.3) is 0 Å². The first-order valence-corrected chi connectivity index (χ1v) is 8.16. The average Bonchev–Trinajstić information content (AvgIpc) is 2.44. The van der Waals surface area contributed by atoms with E-state index in [4.69, 9.17) is 34.0 Å². The highest BCUT2D eigenvalue weighted by molar-refractivity contribution is 7.92. The highest BCUT2D eigenvalue weighted by Crippen LogP contribution is 2.32. The van der Waals surface area contributed by atoms with E-state index in [0.29, 0.717) is 6.07 Å². The molecule has 122 valence electrons. The second-order valence-electron chi connectivity index (χ2n) is 4.41. The smallest absolute Gasteiger partial charge is 0.338 e. The van der Waals surface area contributed by atoms with Gasteiger partial charge in [0.1, 0.15) is 5.82 Å². The minimum absolute atomic E-state index is 0.0235. The highest BCUT2D eigenvalue weighted by atomic mass is 35.5. The number of rotatable bonds is 4. The molecule has 0 aliphatic heterocycles. The maximum absolute atomic E-state index is 13.3. The lowest BCUT2D eigenvalue weighted by Gasteiger charge is -2.11. The van der Waals surface area contributed by atoms with E-state index in [1.807, 2.05) is 0 Å². The van der Waals surface area contributed by atoms with Crippen LogP contribution in [0.3, 0.4) is 0 Å². The summed E-state index contributed by atoms with van der Waals surface area (Å²) in [6.45, 7) is 0. The van der Waals surface area contributed by atoms with E-state index in [1.165, 1.54) is 12.1 Å². The van der Waals surface area contributed by atoms with Crippen molar-refractivity contribution >= 4 is 50.6 Å². The van der Waals surface area contributed by atoms with Gasteiger partial charge in [-0.2, -0.15) is 0 Å². The molecular formula is C13H9Cl2FN2O4S. The molecular weight excluding hydrogens is 370 g/mol. The molecule has 23 heavy (non-hydrogen) atoms. The van der Waals surface area contributed by atoms with Gasteiger partial charge in [0.05, 0.1) is 31.9 Å². The molecule has 2 aromatic carbocycles. The SMILES string of the molecule is Nc1c(Cl)cc(NS(=O)(=O)c2ccc(F)c(C(=O)O)c2)cc1Cl. The number of hydrogen-bond donors (Lipinski definition) is 3. The largest absolute Gasteiger partial charge is 0.478 e. The molecule has 0 spiro atoms. The molecule has 0 saturated heterocycles. The van der Waals surface area contributed by atoms with Gasteiger partial charge in [-0.05, 0) is 30.3 Å². The van der Waals surface area contributed by atoms with Crippen LogP contribution in [0.4, 0.5) is 15.8 Å². The van der Waals surface area contributed by atoms with Crippen LogP contribution in [0.2, 0.25) is 10.0 Å². The maximum Gasteiger partial charge on any atom is 0.338 e. The van der Waals surface area contributed by atoms with E-state index < -0.39 is 32.3 Å². The summed E-state index contributed by atoms with van der Waals surface area (Å²) in [5.74, 6) is -2.63. The molecule has 0 radical (unpaired) electrons. The van der Waals surface area contributed by atoms with Crippen molar-refractivity contribution in [2.24, 2.45) is 0 Å². The van der Waals surface area contributed by atoms with Gasteiger partial charge in [0.25, 0.3) is 10.0 Å². The van der Waals surface area contributed by atoms with E-state index in [-0.39, 0.29) is 21.4 Å². The fourth-order valence-electron chi connectivity index (χ4n) is 1.69. The van der Waals surface area contributed by atoms with Crippen LogP contribution in [0.15, 0.2) is 35.2 Å². The molecule has 0 atom stereocenters. The first kappa shape index (κ1) is 17.3. The second kappa shape index (κ2) is 6.23. The summed E-state index contributed by atoms with van der Waals surface area (Å²) in [5.41, 5.74) is 4.90. The van der Waals surface area contributed by atoms with Gasteiger partial charge in [0.2, 0.25) is 0 Å². The third kappa shape index (κ3) is 3.66. The third-order valence-electron chi connectivity index (χ3n) is 2.81. The van der Waals surface area contributed by atoms with Crippen molar-refractivity contribution < 1.29 is 22.7 Å². The summed E-state index contributed by atoms with van der Waals surface area (Å²) < 4.78 is 40.0. The van der Waals surface area contributed by atoms with Gasteiger partial charge in [-0.1, -0.05) is 23.2 Å². The van der Waals surface area contributed by atoms with Gasteiger partial charge in [-0.3, -0.25) is 4.72 Å². The van der Waals surface area contributed by atoms with Crippen LogP contribution in [0.5, 0.6) is 0 Å². The van der Waals surface area contributed by atoms with E-state index in [9.17, 15) is 17.6 Å². The Morgan fingerprint density at radius 3 is 2.26 bits per heavy atom. The Bertz CT molecular complexity index is 880. The number of anilines is 2. The number of halogens is 3. The van der Waals surface area contributed by atoms with Crippen LogP contribution < -0.4 is 10.5 Å². The number of benzene rings is 2. The number of nitrogen functional groups attached to an aromatic ring is 1. The Kier molecular flexibility index (Phi) is 4.69. The number of carboxylic acids is 1. The fourth-order valence-corrected chi connectivity index (χ4v) is 3.25. The summed E-state index contributed by atoms with van der Waals surface area (Å²) in [6.07, 6.45) is 0.